The van der Waals surface area contributed by atoms with Crippen LogP contribution in [0.3, 0.4) is 0 Å². The second-order valence-corrected chi connectivity index (χ2v) is 7.32. The number of hydrogen-bond donors (Lipinski definition) is 4. The fourth-order valence-corrected chi connectivity index (χ4v) is 3.33. The van der Waals surface area contributed by atoms with E-state index in [4.69, 9.17) is 4.74 Å². The lowest BCUT2D eigenvalue weighted by Gasteiger charge is -2.20. The first-order valence-electron chi connectivity index (χ1n) is 9.92. The van der Waals surface area contributed by atoms with Crippen LogP contribution < -0.4 is 20.9 Å². The van der Waals surface area contributed by atoms with E-state index in [0.717, 1.165) is 10.6 Å². The molecule has 0 aliphatic carbocycles. The Morgan fingerprint density at radius 3 is 2.50 bits per heavy atom. The number of methoxy groups -OCH3 is 1. The lowest BCUT2D eigenvalue weighted by atomic mass is 9.96. The number of carboxylic acid groups (broad SMARTS) is 1. The van der Waals surface area contributed by atoms with Gasteiger partial charge in [0.2, 0.25) is 0 Å². The van der Waals surface area contributed by atoms with Crippen LogP contribution in [0.1, 0.15) is 18.0 Å². The average molecular weight is 473 g/mol. The van der Waals surface area contributed by atoms with Gasteiger partial charge in [0.1, 0.15) is 23.1 Å². The highest BCUT2D eigenvalue weighted by atomic mass is 19.1. The minimum Gasteiger partial charge on any atom is -0.505 e. The highest BCUT2D eigenvalue weighted by Gasteiger charge is 2.22. The number of anilines is 1. The van der Waals surface area contributed by atoms with Gasteiger partial charge in [0.15, 0.2) is 5.69 Å². The van der Waals surface area contributed by atoms with Crippen molar-refractivity contribution >= 4 is 17.7 Å². The molecule has 0 unspecified atom stereocenters. The second kappa shape index (κ2) is 10.0. The number of carboxylic acids is 1. The zero-order valence-corrected chi connectivity index (χ0v) is 18.1. The van der Waals surface area contributed by atoms with Crippen LogP contribution in [0, 0.1) is 11.6 Å². The van der Waals surface area contributed by atoms with Gasteiger partial charge >= 0.3 is 12.0 Å². The number of nitrogens with one attached hydrogen (secondary N) is 2. The highest BCUT2D eigenvalue weighted by Crippen LogP contribution is 2.35. The first-order valence-corrected chi connectivity index (χ1v) is 9.92. The number of carbonyl (C=O) groups excluding carboxylic acids is 1. The van der Waals surface area contributed by atoms with E-state index < -0.39 is 47.4 Å². The molecule has 0 aliphatic rings. The van der Waals surface area contributed by atoms with Crippen molar-refractivity contribution in [2.24, 2.45) is 7.05 Å². The Bertz CT molecular complexity index is 1310. The number of amides is 2. The van der Waals surface area contributed by atoms with Crippen LogP contribution >= 0.6 is 0 Å². The number of urea groups is 1. The van der Waals surface area contributed by atoms with Crippen molar-refractivity contribution in [3.8, 4) is 22.6 Å². The highest BCUT2D eigenvalue weighted by molar-refractivity contribution is 5.91. The smallest absolute Gasteiger partial charge is 0.319 e. The van der Waals surface area contributed by atoms with E-state index in [1.54, 1.807) is 0 Å². The fourth-order valence-electron chi connectivity index (χ4n) is 3.33. The van der Waals surface area contributed by atoms with Crippen molar-refractivity contribution in [3.63, 3.8) is 0 Å². The Morgan fingerprint density at radius 2 is 1.85 bits per heavy atom. The summed E-state index contributed by atoms with van der Waals surface area (Å²) in [5.74, 6) is -3.09. The van der Waals surface area contributed by atoms with Crippen LogP contribution in [0.2, 0.25) is 0 Å². The topological polar surface area (TPSA) is 130 Å². The molecule has 0 aliphatic heterocycles. The Hall–Kier alpha value is -4.41. The van der Waals surface area contributed by atoms with Gasteiger partial charge in [-0.15, -0.1) is 0 Å². The first kappa shape index (κ1) is 24.2. The lowest BCUT2D eigenvalue weighted by Crippen LogP contribution is -2.36. The summed E-state index contributed by atoms with van der Waals surface area (Å²) in [6.07, 6.45) is 0.755. The van der Waals surface area contributed by atoms with Crippen molar-refractivity contribution in [1.82, 2.24) is 9.88 Å². The number of halogens is 2. The van der Waals surface area contributed by atoms with Crippen molar-refractivity contribution in [2.45, 2.75) is 12.5 Å². The fraction of sp³-hybridized carbons (Fsp3) is 0.174. The molecule has 34 heavy (non-hydrogen) atoms. The maximum atomic E-state index is 14.4. The van der Waals surface area contributed by atoms with Gasteiger partial charge in [0.25, 0.3) is 5.56 Å². The number of aromatic nitrogens is 1. The molecule has 11 heteroatoms. The molecule has 2 amide bonds. The molecule has 0 bridgehead atoms. The van der Waals surface area contributed by atoms with E-state index in [0.29, 0.717) is 6.07 Å². The number of aliphatic carboxylic acids is 1. The van der Waals surface area contributed by atoms with Gasteiger partial charge in [-0.05, 0) is 35.9 Å². The van der Waals surface area contributed by atoms with E-state index in [1.165, 1.54) is 50.7 Å². The van der Waals surface area contributed by atoms with Gasteiger partial charge in [-0.25, -0.2) is 13.6 Å². The van der Waals surface area contributed by atoms with E-state index in [-0.39, 0.29) is 28.1 Å². The van der Waals surface area contributed by atoms with E-state index in [2.05, 4.69) is 10.6 Å². The molecule has 2 aromatic carbocycles. The quantitative estimate of drug-likeness (QED) is 0.416. The van der Waals surface area contributed by atoms with Gasteiger partial charge in [0.05, 0.1) is 19.6 Å². The van der Waals surface area contributed by atoms with Gasteiger partial charge < -0.3 is 30.2 Å². The molecule has 4 N–H and O–H groups in total. The molecule has 1 atom stereocenters. The maximum Gasteiger partial charge on any atom is 0.319 e. The van der Waals surface area contributed by atoms with Crippen molar-refractivity contribution in [1.29, 1.82) is 0 Å². The second-order valence-electron chi connectivity index (χ2n) is 7.32. The molecule has 3 rings (SSSR count). The number of aromatic hydroxyl groups is 1. The Morgan fingerprint density at radius 1 is 1.12 bits per heavy atom. The minimum atomic E-state index is -1.24. The third kappa shape index (κ3) is 5.31. The SMILES string of the molecule is COc1ccc([C@H](CC(=O)O)NC(=O)Nc2c(O)ccn(C)c2=O)cc1-c1ccc(F)cc1F. The van der Waals surface area contributed by atoms with Crippen molar-refractivity contribution < 1.29 is 33.3 Å². The molecule has 0 fully saturated rings. The Balaban J connectivity index is 1.97. The lowest BCUT2D eigenvalue weighted by molar-refractivity contribution is -0.137. The minimum absolute atomic E-state index is 0.0105. The van der Waals surface area contributed by atoms with Crippen LogP contribution in [-0.4, -0.2) is 33.9 Å². The summed E-state index contributed by atoms with van der Waals surface area (Å²) in [5, 5.41) is 23.9. The first-order chi connectivity index (χ1) is 16.1. The number of benzene rings is 2. The van der Waals surface area contributed by atoms with Crippen LogP contribution in [0.25, 0.3) is 11.1 Å². The summed E-state index contributed by atoms with van der Waals surface area (Å²) >= 11 is 0. The van der Waals surface area contributed by atoms with Crippen molar-refractivity contribution in [3.05, 3.63) is 76.2 Å². The number of hydrogen-bond acceptors (Lipinski definition) is 5. The average Bonchev–Trinajstić information content (AvgIpc) is 2.78. The normalized spacial score (nSPS) is 11.5. The number of ether oxygens (including phenoxy) is 1. The summed E-state index contributed by atoms with van der Waals surface area (Å²) in [4.78, 5) is 36.2. The third-order valence-corrected chi connectivity index (χ3v) is 5.02. The zero-order chi connectivity index (χ0) is 25.0. The van der Waals surface area contributed by atoms with E-state index in [1.807, 2.05) is 0 Å². The predicted octanol–water partition coefficient (Wildman–Crippen LogP) is 3.38. The van der Waals surface area contributed by atoms with E-state index >= 15 is 0 Å². The third-order valence-electron chi connectivity index (χ3n) is 5.02. The molecule has 178 valence electrons. The van der Waals surface area contributed by atoms with Gasteiger partial charge in [0, 0.05) is 30.4 Å². The molecule has 9 nitrogen and oxygen atoms in total. The van der Waals surface area contributed by atoms with Crippen LogP contribution in [-0.2, 0) is 11.8 Å². The molecule has 1 heterocycles. The summed E-state index contributed by atoms with van der Waals surface area (Å²) in [7, 11) is 2.78. The summed E-state index contributed by atoms with van der Waals surface area (Å²) in [6, 6.07) is 6.49. The predicted molar refractivity (Wildman–Crippen MR) is 119 cm³/mol. The number of carbonyl (C=O) groups is 2. The van der Waals surface area contributed by atoms with Crippen LogP contribution in [0.4, 0.5) is 19.3 Å². The number of aryl methyl sites for hydroxylation is 1. The summed E-state index contributed by atoms with van der Waals surface area (Å²) in [5.41, 5.74) is -0.563. The molecule has 1 aromatic heterocycles. The number of rotatable bonds is 7. The zero-order valence-electron chi connectivity index (χ0n) is 18.1. The molecule has 0 radical (unpaired) electrons. The molecule has 0 saturated heterocycles. The largest absolute Gasteiger partial charge is 0.505 e. The standard InChI is InChI=1S/C23H21F2N3O6/c1-28-8-7-18(29)21(22(28)32)27-23(33)26-17(11-20(30)31)12-3-6-19(34-2)15(9-12)14-5-4-13(24)10-16(14)25/h3-10,17,29H,11H2,1-2H3,(H,30,31)(H2,26,27,33)/t17-/m0/s1. The number of nitrogens with zero attached hydrogens (tertiary/aromatic N) is 1. The van der Waals surface area contributed by atoms with Crippen LogP contribution in [0.15, 0.2) is 53.5 Å². The summed E-state index contributed by atoms with van der Waals surface area (Å²) < 4.78 is 34.2. The molecule has 3 aromatic rings. The van der Waals surface area contributed by atoms with Gasteiger partial charge in [-0.1, -0.05) is 6.07 Å². The van der Waals surface area contributed by atoms with E-state index in [9.17, 15) is 33.4 Å². The van der Waals surface area contributed by atoms with Crippen LogP contribution in [0.5, 0.6) is 11.5 Å². The Kier molecular flexibility index (Phi) is 7.15. The van der Waals surface area contributed by atoms with Gasteiger partial charge in [-0.2, -0.15) is 0 Å². The molecular weight excluding hydrogens is 452 g/mol. The van der Waals surface area contributed by atoms with Gasteiger partial charge in [-0.3, -0.25) is 9.59 Å². The molecule has 0 saturated carbocycles. The molecule has 0 spiro atoms. The monoisotopic (exact) mass is 473 g/mol. The molecular formula is C23H21F2N3O6. The summed E-state index contributed by atoms with van der Waals surface area (Å²) in [6.45, 7) is 0. The van der Waals surface area contributed by atoms with Crippen molar-refractivity contribution in [2.75, 3.05) is 12.4 Å². The maximum absolute atomic E-state index is 14.4. The number of pyridine rings is 1. The Labute approximate surface area is 192 Å².